The number of hydrogen-bond acceptors (Lipinski definition) is 4. The number of rotatable bonds is 11. The highest BCUT2D eigenvalue weighted by atomic mass is 16.4. The van der Waals surface area contributed by atoms with Crippen molar-refractivity contribution in [2.24, 2.45) is 0 Å². The van der Waals surface area contributed by atoms with Crippen LogP contribution in [-0.4, -0.2) is 45.2 Å². The second-order valence-electron chi connectivity index (χ2n) is 5.15. The van der Waals surface area contributed by atoms with Crippen LogP contribution < -0.4 is 0 Å². The Morgan fingerprint density at radius 3 is 1.70 bits per heavy atom. The van der Waals surface area contributed by atoms with Crippen molar-refractivity contribution in [2.75, 3.05) is 6.61 Å². The van der Waals surface area contributed by atoms with E-state index in [0.717, 1.165) is 19.3 Å². The maximum Gasteiger partial charge on any atom is 0.332 e. The number of unbranched alkanes of at least 4 members (excludes halogenated alkanes) is 7. The third-order valence-corrected chi connectivity index (χ3v) is 2.88. The average molecular weight is 292 g/mol. The molecule has 0 radical (unpaired) electrons. The summed E-state index contributed by atoms with van der Waals surface area (Å²) in [5.74, 6) is -1.10. The lowest BCUT2D eigenvalue weighted by Gasteiger charge is -2.04. The first-order valence-electron chi connectivity index (χ1n) is 7.65. The summed E-state index contributed by atoms with van der Waals surface area (Å²) in [7, 11) is 0. The van der Waals surface area contributed by atoms with Crippen LogP contribution in [0.4, 0.5) is 0 Å². The van der Waals surface area contributed by atoms with Gasteiger partial charge in [-0.3, -0.25) is 0 Å². The molecule has 0 aromatic heterocycles. The standard InChI is InChI=1S/C12H24O3.C3H8O2/c1-2-3-4-5-6-7-8-9-10-11(13)12(14)15;1-3(5)2-4/h11,13H,2-10H2,1H3,(H,14,15);3-5H,2H2,1H3. The van der Waals surface area contributed by atoms with Crippen LogP contribution >= 0.6 is 0 Å². The Morgan fingerprint density at radius 2 is 1.35 bits per heavy atom. The number of aliphatic hydroxyl groups is 3. The molecule has 0 aromatic rings. The van der Waals surface area contributed by atoms with Crippen molar-refractivity contribution in [1.29, 1.82) is 0 Å². The van der Waals surface area contributed by atoms with Gasteiger partial charge in [0.15, 0.2) is 6.10 Å². The summed E-state index contributed by atoms with van der Waals surface area (Å²) in [6.07, 6.45) is 8.12. The molecule has 122 valence electrons. The zero-order chi connectivity index (χ0) is 15.8. The Morgan fingerprint density at radius 1 is 0.950 bits per heavy atom. The number of aliphatic hydroxyl groups excluding tert-OH is 3. The molecule has 0 aliphatic carbocycles. The molecule has 5 nitrogen and oxygen atoms in total. The maximum atomic E-state index is 10.3. The van der Waals surface area contributed by atoms with E-state index in [0.29, 0.717) is 6.42 Å². The van der Waals surface area contributed by atoms with Crippen molar-refractivity contribution in [3.8, 4) is 0 Å². The van der Waals surface area contributed by atoms with Gasteiger partial charge in [-0.05, 0) is 13.3 Å². The maximum absolute atomic E-state index is 10.3. The summed E-state index contributed by atoms with van der Waals surface area (Å²) in [6.45, 7) is 3.59. The normalized spacial score (nSPS) is 13.2. The molecular weight excluding hydrogens is 260 g/mol. The average Bonchev–Trinajstić information content (AvgIpc) is 2.42. The van der Waals surface area contributed by atoms with E-state index in [1.165, 1.54) is 39.0 Å². The highest BCUT2D eigenvalue weighted by Crippen LogP contribution is 2.10. The zero-order valence-electron chi connectivity index (χ0n) is 12.9. The summed E-state index contributed by atoms with van der Waals surface area (Å²) >= 11 is 0. The monoisotopic (exact) mass is 292 g/mol. The number of carbonyl (C=O) groups is 1. The third kappa shape index (κ3) is 19.7. The minimum atomic E-state index is -1.16. The van der Waals surface area contributed by atoms with E-state index < -0.39 is 18.2 Å². The second kappa shape index (κ2) is 16.4. The lowest BCUT2D eigenvalue weighted by atomic mass is 10.1. The van der Waals surface area contributed by atoms with Crippen molar-refractivity contribution in [2.45, 2.75) is 83.8 Å². The van der Waals surface area contributed by atoms with Gasteiger partial charge < -0.3 is 20.4 Å². The van der Waals surface area contributed by atoms with Gasteiger partial charge in [0, 0.05) is 0 Å². The molecule has 0 spiro atoms. The van der Waals surface area contributed by atoms with Crippen LogP contribution in [0, 0.1) is 0 Å². The Hall–Kier alpha value is -0.650. The smallest absolute Gasteiger partial charge is 0.332 e. The molecule has 2 atom stereocenters. The lowest BCUT2D eigenvalue weighted by molar-refractivity contribution is -0.146. The summed E-state index contributed by atoms with van der Waals surface area (Å²) in [4.78, 5) is 10.3. The van der Waals surface area contributed by atoms with Gasteiger partial charge in [-0.2, -0.15) is 0 Å². The van der Waals surface area contributed by atoms with E-state index in [1.54, 1.807) is 0 Å². The van der Waals surface area contributed by atoms with Crippen molar-refractivity contribution < 1.29 is 25.2 Å². The molecule has 2 unspecified atom stereocenters. The first-order valence-corrected chi connectivity index (χ1v) is 7.65. The number of hydrogen-bond donors (Lipinski definition) is 4. The van der Waals surface area contributed by atoms with Gasteiger partial charge in [0.05, 0.1) is 12.7 Å². The molecule has 0 aromatic carbocycles. The van der Waals surface area contributed by atoms with Gasteiger partial charge in [0.25, 0.3) is 0 Å². The van der Waals surface area contributed by atoms with E-state index in [2.05, 4.69) is 6.92 Å². The van der Waals surface area contributed by atoms with Gasteiger partial charge in [-0.25, -0.2) is 4.79 Å². The van der Waals surface area contributed by atoms with E-state index >= 15 is 0 Å². The van der Waals surface area contributed by atoms with Crippen molar-refractivity contribution in [3.63, 3.8) is 0 Å². The third-order valence-electron chi connectivity index (χ3n) is 2.88. The predicted octanol–water partition coefficient (Wildman–Crippen LogP) is 2.32. The molecule has 0 bridgehead atoms. The molecule has 5 heteroatoms. The minimum Gasteiger partial charge on any atom is -0.479 e. The molecule has 4 N–H and O–H groups in total. The number of aliphatic carboxylic acids is 1. The molecule has 0 rings (SSSR count). The fourth-order valence-corrected chi connectivity index (χ4v) is 1.60. The fraction of sp³-hybridized carbons (Fsp3) is 0.933. The van der Waals surface area contributed by atoms with Crippen LogP contribution in [0.5, 0.6) is 0 Å². The molecule has 0 aliphatic heterocycles. The molecule has 0 heterocycles. The van der Waals surface area contributed by atoms with E-state index in [9.17, 15) is 4.79 Å². The molecule has 0 saturated carbocycles. The minimum absolute atomic E-state index is 0.139. The van der Waals surface area contributed by atoms with Crippen LogP contribution in [0.1, 0.15) is 71.6 Å². The van der Waals surface area contributed by atoms with Gasteiger partial charge in [-0.1, -0.05) is 58.3 Å². The van der Waals surface area contributed by atoms with Crippen molar-refractivity contribution >= 4 is 5.97 Å². The first-order chi connectivity index (χ1) is 9.45. The Kier molecular flexibility index (Phi) is 17.8. The first kappa shape index (κ1) is 21.6. The number of carboxylic acids is 1. The van der Waals surface area contributed by atoms with Gasteiger partial charge in [-0.15, -0.1) is 0 Å². The van der Waals surface area contributed by atoms with Crippen molar-refractivity contribution in [3.05, 3.63) is 0 Å². The summed E-state index contributed by atoms with van der Waals surface area (Å²) in [5, 5.41) is 33.4. The number of carboxylic acid groups (broad SMARTS) is 1. The summed E-state index contributed by atoms with van der Waals surface area (Å²) in [6, 6.07) is 0. The molecular formula is C15H32O5. The van der Waals surface area contributed by atoms with Gasteiger partial charge in [0.2, 0.25) is 0 Å². The van der Waals surface area contributed by atoms with Gasteiger partial charge in [0.1, 0.15) is 0 Å². The molecule has 20 heavy (non-hydrogen) atoms. The Bertz CT molecular complexity index is 206. The molecule has 0 saturated heterocycles. The van der Waals surface area contributed by atoms with Crippen LogP contribution in [0.3, 0.4) is 0 Å². The van der Waals surface area contributed by atoms with E-state index in [4.69, 9.17) is 20.4 Å². The fourth-order valence-electron chi connectivity index (χ4n) is 1.60. The highest BCUT2D eigenvalue weighted by Gasteiger charge is 2.11. The predicted molar refractivity (Wildman–Crippen MR) is 79.6 cm³/mol. The largest absolute Gasteiger partial charge is 0.479 e. The molecule has 0 aliphatic rings. The Balaban J connectivity index is 0. The highest BCUT2D eigenvalue weighted by molar-refractivity contribution is 5.71. The topological polar surface area (TPSA) is 98.0 Å². The summed E-state index contributed by atoms with van der Waals surface area (Å²) in [5.41, 5.74) is 0. The van der Waals surface area contributed by atoms with E-state index in [-0.39, 0.29) is 6.61 Å². The molecule has 0 amide bonds. The SMILES string of the molecule is CC(O)CO.CCCCCCCCCCC(O)C(=O)O. The molecule has 0 fully saturated rings. The quantitative estimate of drug-likeness (QED) is 0.438. The zero-order valence-corrected chi connectivity index (χ0v) is 12.9. The van der Waals surface area contributed by atoms with Crippen LogP contribution in [0.2, 0.25) is 0 Å². The van der Waals surface area contributed by atoms with Crippen LogP contribution in [-0.2, 0) is 4.79 Å². The van der Waals surface area contributed by atoms with E-state index in [1.807, 2.05) is 0 Å². The lowest BCUT2D eigenvalue weighted by Crippen LogP contribution is -2.18. The van der Waals surface area contributed by atoms with Crippen LogP contribution in [0.25, 0.3) is 0 Å². The van der Waals surface area contributed by atoms with Crippen molar-refractivity contribution in [1.82, 2.24) is 0 Å². The van der Waals surface area contributed by atoms with Gasteiger partial charge >= 0.3 is 5.97 Å². The van der Waals surface area contributed by atoms with Crippen LogP contribution in [0.15, 0.2) is 0 Å². The second-order valence-corrected chi connectivity index (χ2v) is 5.15. The summed E-state index contributed by atoms with van der Waals surface area (Å²) < 4.78 is 0. The Labute approximate surface area is 122 Å².